The summed E-state index contributed by atoms with van der Waals surface area (Å²) < 4.78 is 0. The van der Waals surface area contributed by atoms with E-state index in [0.29, 0.717) is 12.5 Å². The lowest BCUT2D eigenvalue weighted by atomic mass is 9.87. The largest absolute Gasteiger partial charge is 0.340 e. The zero-order valence-corrected chi connectivity index (χ0v) is 13.4. The van der Waals surface area contributed by atoms with Gasteiger partial charge in [-0.3, -0.25) is 9.59 Å². The van der Waals surface area contributed by atoms with E-state index in [1.54, 1.807) is 0 Å². The second-order valence-corrected chi connectivity index (χ2v) is 7.07. The van der Waals surface area contributed by atoms with Gasteiger partial charge in [-0.2, -0.15) is 0 Å². The highest BCUT2D eigenvalue weighted by molar-refractivity contribution is 5.99. The van der Waals surface area contributed by atoms with E-state index in [9.17, 15) is 9.59 Å². The van der Waals surface area contributed by atoms with Crippen LogP contribution in [-0.2, 0) is 9.59 Å². The summed E-state index contributed by atoms with van der Waals surface area (Å²) in [6.45, 7) is 7.95. The second kappa shape index (κ2) is 5.27. The summed E-state index contributed by atoms with van der Waals surface area (Å²) in [6, 6.07) is 0.500. The normalized spacial score (nSPS) is 41.1. The third-order valence-corrected chi connectivity index (χ3v) is 5.80. The molecule has 0 aromatic heterocycles. The predicted octanol–water partition coefficient (Wildman–Crippen LogP) is 1.13. The summed E-state index contributed by atoms with van der Waals surface area (Å²) in [5, 5.41) is 2.92. The minimum absolute atomic E-state index is 0.00667. The Morgan fingerprint density at radius 3 is 2.71 bits per heavy atom. The first-order valence-corrected chi connectivity index (χ1v) is 8.35. The highest BCUT2D eigenvalue weighted by Gasteiger charge is 2.49. The zero-order chi connectivity index (χ0) is 15.2. The zero-order valence-electron chi connectivity index (χ0n) is 13.4. The molecule has 0 aromatic rings. The Balaban J connectivity index is 1.81. The van der Waals surface area contributed by atoms with Gasteiger partial charge in [-0.25, -0.2) is 0 Å². The fraction of sp³-hybridized carbons (Fsp3) is 0.875. The first-order chi connectivity index (χ1) is 9.96. The summed E-state index contributed by atoms with van der Waals surface area (Å²) in [6.07, 6.45) is 5.18. The molecule has 21 heavy (non-hydrogen) atoms. The van der Waals surface area contributed by atoms with Gasteiger partial charge in [0.05, 0.1) is 0 Å². The van der Waals surface area contributed by atoms with Crippen molar-refractivity contribution in [2.24, 2.45) is 0 Å². The molecular formula is C16H27N3O2. The molecule has 0 spiro atoms. The summed E-state index contributed by atoms with van der Waals surface area (Å²) in [5.74, 6) is 0.0985. The molecule has 3 aliphatic rings. The number of piperidine rings is 1. The smallest absolute Gasteiger partial charge is 0.248 e. The number of nitrogens with zero attached hydrogens (tertiary/aromatic N) is 2. The van der Waals surface area contributed by atoms with E-state index in [1.807, 2.05) is 25.7 Å². The van der Waals surface area contributed by atoms with Crippen molar-refractivity contribution in [2.75, 3.05) is 13.1 Å². The van der Waals surface area contributed by atoms with E-state index in [2.05, 4.69) is 10.2 Å². The standard InChI is InChI=1S/C16H27N3O2/c1-4-16(3)15(21)19(11(2)14(20)17-16)13-7-9-18-8-5-6-12(18)10-13/h11-13H,4-10H2,1-3H3,(H,17,20). The molecule has 5 heteroatoms. The van der Waals surface area contributed by atoms with Crippen LogP contribution in [0.4, 0.5) is 0 Å². The molecule has 0 bridgehead atoms. The Hall–Kier alpha value is -1.10. The Kier molecular flexibility index (Phi) is 3.72. The third-order valence-electron chi connectivity index (χ3n) is 5.80. The van der Waals surface area contributed by atoms with Gasteiger partial charge in [0.25, 0.3) is 0 Å². The molecule has 2 amide bonds. The van der Waals surface area contributed by atoms with Crippen LogP contribution >= 0.6 is 0 Å². The molecule has 0 aliphatic carbocycles. The Morgan fingerprint density at radius 1 is 1.24 bits per heavy atom. The molecule has 4 atom stereocenters. The second-order valence-electron chi connectivity index (χ2n) is 7.07. The number of rotatable bonds is 2. The van der Waals surface area contributed by atoms with Gasteiger partial charge < -0.3 is 15.1 Å². The first kappa shape index (κ1) is 14.8. The van der Waals surface area contributed by atoms with Crippen molar-refractivity contribution in [1.29, 1.82) is 0 Å². The van der Waals surface area contributed by atoms with E-state index in [1.165, 1.54) is 19.4 Å². The van der Waals surface area contributed by atoms with Gasteiger partial charge in [0.2, 0.25) is 11.8 Å². The fourth-order valence-electron chi connectivity index (χ4n) is 4.19. The Morgan fingerprint density at radius 2 is 2.00 bits per heavy atom. The predicted molar refractivity (Wildman–Crippen MR) is 80.8 cm³/mol. The molecule has 3 fully saturated rings. The molecule has 4 unspecified atom stereocenters. The van der Waals surface area contributed by atoms with Crippen molar-refractivity contribution < 1.29 is 9.59 Å². The van der Waals surface area contributed by atoms with Crippen molar-refractivity contribution in [1.82, 2.24) is 15.1 Å². The van der Waals surface area contributed by atoms with Crippen LogP contribution in [0.1, 0.15) is 52.9 Å². The van der Waals surface area contributed by atoms with Crippen LogP contribution in [0.2, 0.25) is 0 Å². The topological polar surface area (TPSA) is 52.7 Å². The number of nitrogens with one attached hydrogen (secondary N) is 1. The highest BCUT2D eigenvalue weighted by Crippen LogP contribution is 2.33. The van der Waals surface area contributed by atoms with Gasteiger partial charge in [-0.05, 0) is 52.5 Å². The highest BCUT2D eigenvalue weighted by atomic mass is 16.2. The van der Waals surface area contributed by atoms with Gasteiger partial charge in [-0.15, -0.1) is 0 Å². The monoisotopic (exact) mass is 293 g/mol. The number of amides is 2. The number of carbonyl (C=O) groups excluding carboxylic acids is 2. The van der Waals surface area contributed by atoms with E-state index in [0.717, 1.165) is 19.4 Å². The summed E-state index contributed by atoms with van der Waals surface area (Å²) in [5.41, 5.74) is -0.726. The summed E-state index contributed by atoms with van der Waals surface area (Å²) in [7, 11) is 0. The van der Waals surface area contributed by atoms with Gasteiger partial charge in [-0.1, -0.05) is 6.92 Å². The van der Waals surface area contributed by atoms with E-state index < -0.39 is 5.54 Å². The lowest BCUT2D eigenvalue weighted by Gasteiger charge is -2.49. The van der Waals surface area contributed by atoms with Gasteiger partial charge in [0.15, 0.2) is 0 Å². The molecule has 0 saturated carbocycles. The lowest BCUT2D eigenvalue weighted by Crippen LogP contribution is -2.71. The molecule has 0 aromatic carbocycles. The number of carbonyl (C=O) groups is 2. The lowest BCUT2D eigenvalue weighted by molar-refractivity contribution is -0.158. The average molecular weight is 293 g/mol. The quantitative estimate of drug-likeness (QED) is 0.830. The van der Waals surface area contributed by atoms with Crippen molar-refractivity contribution in [2.45, 2.75) is 76.5 Å². The van der Waals surface area contributed by atoms with Crippen LogP contribution in [0, 0.1) is 0 Å². The molecular weight excluding hydrogens is 266 g/mol. The minimum atomic E-state index is -0.726. The van der Waals surface area contributed by atoms with Crippen LogP contribution in [0.5, 0.6) is 0 Å². The van der Waals surface area contributed by atoms with Gasteiger partial charge in [0, 0.05) is 18.6 Å². The van der Waals surface area contributed by atoms with Crippen LogP contribution in [0.3, 0.4) is 0 Å². The van der Waals surface area contributed by atoms with Crippen LogP contribution in [-0.4, -0.2) is 58.4 Å². The maximum atomic E-state index is 12.9. The molecule has 5 nitrogen and oxygen atoms in total. The third kappa shape index (κ3) is 2.35. The number of piperazine rings is 1. The number of hydrogen-bond donors (Lipinski definition) is 1. The number of hydrogen-bond acceptors (Lipinski definition) is 3. The van der Waals surface area contributed by atoms with E-state index >= 15 is 0 Å². The molecule has 0 radical (unpaired) electrons. The summed E-state index contributed by atoms with van der Waals surface area (Å²) >= 11 is 0. The Labute approximate surface area is 127 Å². The van der Waals surface area contributed by atoms with Crippen LogP contribution in [0.25, 0.3) is 0 Å². The SMILES string of the molecule is CCC1(C)NC(=O)C(C)N(C2CCN3CCCC3C2)C1=O. The van der Waals surface area contributed by atoms with Crippen molar-refractivity contribution >= 4 is 11.8 Å². The number of fused-ring (bicyclic) bond motifs is 1. The molecule has 3 saturated heterocycles. The van der Waals surface area contributed by atoms with Crippen LogP contribution < -0.4 is 5.32 Å². The van der Waals surface area contributed by atoms with Crippen molar-refractivity contribution in [3.8, 4) is 0 Å². The molecule has 1 N–H and O–H groups in total. The van der Waals surface area contributed by atoms with E-state index in [4.69, 9.17) is 0 Å². The fourth-order valence-corrected chi connectivity index (χ4v) is 4.19. The average Bonchev–Trinajstić information content (AvgIpc) is 2.93. The molecule has 118 valence electrons. The van der Waals surface area contributed by atoms with Gasteiger partial charge in [0.1, 0.15) is 11.6 Å². The van der Waals surface area contributed by atoms with Crippen molar-refractivity contribution in [3.63, 3.8) is 0 Å². The van der Waals surface area contributed by atoms with Crippen molar-refractivity contribution in [3.05, 3.63) is 0 Å². The maximum Gasteiger partial charge on any atom is 0.248 e. The molecule has 3 rings (SSSR count). The van der Waals surface area contributed by atoms with Gasteiger partial charge >= 0.3 is 0 Å². The van der Waals surface area contributed by atoms with Crippen LogP contribution in [0.15, 0.2) is 0 Å². The Bertz CT molecular complexity index is 453. The summed E-state index contributed by atoms with van der Waals surface area (Å²) in [4.78, 5) is 29.7. The molecule has 3 heterocycles. The maximum absolute atomic E-state index is 12.9. The van der Waals surface area contributed by atoms with E-state index in [-0.39, 0.29) is 23.9 Å². The minimum Gasteiger partial charge on any atom is -0.340 e. The molecule has 3 aliphatic heterocycles. The first-order valence-electron chi connectivity index (χ1n) is 8.35.